The van der Waals surface area contributed by atoms with Crippen LogP contribution in [-0.2, 0) is 6.54 Å². The maximum Gasteiger partial charge on any atom is 0.180 e. The van der Waals surface area contributed by atoms with Crippen LogP contribution < -0.4 is 4.90 Å². The highest BCUT2D eigenvalue weighted by atomic mass is 15.2. The Bertz CT molecular complexity index is 822. The van der Waals surface area contributed by atoms with E-state index in [1.165, 1.54) is 0 Å². The Morgan fingerprint density at radius 2 is 2.00 bits per heavy atom. The third kappa shape index (κ3) is 2.79. The van der Waals surface area contributed by atoms with Crippen LogP contribution in [0.3, 0.4) is 0 Å². The number of hydrogen-bond acceptors (Lipinski definition) is 5. The normalized spacial score (nSPS) is 10.3. The van der Waals surface area contributed by atoms with E-state index in [4.69, 9.17) is 5.26 Å². The van der Waals surface area contributed by atoms with E-state index in [1.54, 1.807) is 18.5 Å². The number of benzene rings is 1. The van der Waals surface area contributed by atoms with Crippen LogP contribution in [0.4, 0.5) is 5.82 Å². The molecule has 0 fully saturated rings. The predicted molar refractivity (Wildman–Crippen MR) is 80.6 cm³/mol. The lowest BCUT2D eigenvalue weighted by Crippen LogP contribution is -2.17. The third-order valence-corrected chi connectivity index (χ3v) is 3.18. The first-order valence-electron chi connectivity index (χ1n) is 6.54. The summed E-state index contributed by atoms with van der Waals surface area (Å²) in [7, 11) is 1.96. The molecule has 2 heterocycles. The van der Waals surface area contributed by atoms with E-state index >= 15 is 0 Å². The van der Waals surface area contributed by atoms with Gasteiger partial charge in [-0.15, -0.1) is 0 Å². The molecule has 5 heteroatoms. The second kappa shape index (κ2) is 5.55. The third-order valence-electron chi connectivity index (χ3n) is 3.18. The van der Waals surface area contributed by atoms with Crippen molar-refractivity contribution in [1.82, 2.24) is 15.0 Å². The first kappa shape index (κ1) is 13.0. The molecule has 0 saturated carbocycles. The Balaban J connectivity index is 1.86. The lowest BCUT2D eigenvalue weighted by molar-refractivity contribution is 0.900. The number of pyridine rings is 1. The highest BCUT2D eigenvalue weighted by Gasteiger charge is 2.06. The van der Waals surface area contributed by atoms with E-state index in [0.29, 0.717) is 17.8 Å². The van der Waals surface area contributed by atoms with E-state index in [-0.39, 0.29) is 0 Å². The molecule has 0 aliphatic rings. The minimum Gasteiger partial charge on any atom is -0.355 e. The van der Waals surface area contributed by atoms with Crippen molar-refractivity contribution in [2.45, 2.75) is 6.54 Å². The van der Waals surface area contributed by atoms with Crippen LogP contribution in [0.2, 0.25) is 0 Å². The number of anilines is 1. The SMILES string of the molecule is CN(Cc1cccc(C#N)c1)c1ccc2nccnc2n1. The topological polar surface area (TPSA) is 65.7 Å². The van der Waals surface area contributed by atoms with Crippen molar-refractivity contribution in [1.29, 1.82) is 5.26 Å². The zero-order valence-corrected chi connectivity index (χ0v) is 11.6. The summed E-state index contributed by atoms with van der Waals surface area (Å²) in [5, 5.41) is 8.94. The Kier molecular flexibility index (Phi) is 3.44. The fourth-order valence-corrected chi connectivity index (χ4v) is 2.15. The quantitative estimate of drug-likeness (QED) is 0.735. The second-order valence-electron chi connectivity index (χ2n) is 4.74. The van der Waals surface area contributed by atoms with Crippen molar-refractivity contribution in [3.8, 4) is 6.07 Å². The Morgan fingerprint density at radius 1 is 1.14 bits per heavy atom. The fraction of sp³-hybridized carbons (Fsp3) is 0.125. The number of aromatic nitrogens is 3. The molecule has 102 valence electrons. The Morgan fingerprint density at radius 3 is 2.86 bits per heavy atom. The molecule has 0 amide bonds. The van der Waals surface area contributed by atoms with E-state index in [0.717, 1.165) is 16.9 Å². The zero-order chi connectivity index (χ0) is 14.7. The monoisotopic (exact) mass is 275 g/mol. The highest BCUT2D eigenvalue weighted by molar-refractivity contribution is 5.71. The van der Waals surface area contributed by atoms with Gasteiger partial charge < -0.3 is 4.90 Å². The summed E-state index contributed by atoms with van der Waals surface area (Å²) in [4.78, 5) is 14.9. The first-order valence-corrected chi connectivity index (χ1v) is 6.54. The molecule has 0 aliphatic heterocycles. The molecule has 0 N–H and O–H groups in total. The van der Waals surface area contributed by atoms with Gasteiger partial charge in [0.05, 0.1) is 11.6 Å². The van der Waals surface area contributed by atoms with Crippen molar-refractivity contribution < 1.29 is 0 Å². The number of nitriles is 1. The van der Waals surface area contributed by atoms with E-state index in [9.17, 15) is 0 Å². The number of fused-ring (bicyclic) bond motifs is 1. The van der Waals surface area contributed by atoms with E-state index in [2.05, 4.69) is 21.0 Å². The maximum atomic E-state index is 8.94. The van der Waals surface area contributed by atoms with Gasteiger partial charge in [-0.1, -0.05) is 12.1 Å². The van der Waals surface area contributed by atoms with Crippen molar-refractivity contribution in [2.24, 2.45) is 0 Å². The molecule has 2 aromatic heterocycles. The summed E-state index contributed by atoms with van der Waals surface area (Å²) in [5.74, 6) is 0.824. The average Bonchev–Trinajstić information content (AvgIpc) is 2.54. The summed E-state index contributed by atoms with van der Waals surface area (Å²) >= 11 is 0. The maximum absolute atomic E-state index is 8.94. The predicted octanol–water partition coefficient (Wildman–Crippen LogP) is 2.53. The van der Waals surface area contributed by atoms with Gasteiger partial charge in [0, 0.05) is 26.0 Å². The van der Waals surface area contributed by atoms with Gasteiger partial charge in [0.1, 0.15) is 11.3 Å². The summed E-state index contributed by atoms with van der Waals surface area (Å²) in [6.45, 7) is 0.675. The molecule has 0 spiro atoms. The molecule has 5 nitrogen and oxygen atoms in total. The van der Waals surface area contributed by atoms with E-state index in [1.807, 2.05) is 42.3 Å². The van der Waals surface area contributed by atoms with Gasteiger partial charge in [0.15, 0.2) is 5.65 Å². The van der Waals surface area contributed by atoms with E-state index < -0.39 is 0 Å². The number of rotatable bonds is 3. The lowest BCUT2D eigenvalue weighted by atomic mass is 10.1. The van der Waals surface area contributed by atoms with Crippen LogP contribution in [0.1, 0.15) is 11.1 Å². The van der Waals surface area contributed by atoms with Crippen molar-refractivity contribution >= 4 is 17.0 Å². The Hall–Kier alpha value is -3.00. The zero-order valence-electron chi connectivity index (χ0n) is 11.6. The van der Waals surface area contributed by atoms with Crippen LogP contribution in [0.5, 0.6) is 0 Å². The molecule has 0 aliphatic carbocycles. The Labute approximate surface area is 122 Å². The van der Waals surface area contributed by atoms with Gasteiger partial charge in [-0.25, -0.2) is 9.97 Å². The molecule has 21 heavy (non-hydrogen) atoms. The summed E-state index contributed by atoms with van der Waals surface area (Å²) in [6, 6.07) is 13.6. The summed E-state index contributed by atoms with van der Waals surface area (Å²) in [6.07, 6.45) is 3.29. The molecule has 0 atom stereocenters. The van der Waals surface area contributed by atoms with Gasteiger partial charge in [-0.05, 0) is 29.8 Å². The van der Waals surface area contributed by atoms with Crippen molar-refractivity contribution in [3.63, 3.8) is 0 Å². The number of nitrogens with zero attached hydrogens (tertiary/aromatic N) is 5. The van der Waals surface area contributed by atoms with Gasteiger partial charge in [-0.3, -0.25) is 4.98 Å². The molecule has 0 bridgehead atoms. The molecule has 0 unspecified atom stereocenters. The molecule has 3 aromatic rings. The van der Waals surface area contributed by atoms with Gasteiger partial charge in [-0.2, -0.15) is 5.26 Å². The number of hydrogen-bond donors (Lipinski definition) is 0. The largest absolute Gasteiger partial charge is 0.355 e. The minimum atomic E-state index is 0.632. The van der Waals surface area contributed by atoms with Gasteiger partial charge >= 0.3 is 0 Å². The van der Waals surface area contributed by atoms with Crippen molar-refractivity contribution in [3.05, 3.63) is 59.9 Å². The highest BCUT2D eigenvalue weighted by Crippen LogP contribution is 2.16. The van der Waals surface area contributed by atoms with Gasteiger partial charge in [0.2, 0.25) is 0 Å². The summed E-state index contributed by atoms with van der Waals surface area (Å²) < 4.78 is 0. The lowest BCUT2D eigenvalue weighted by Gasteiger charge is -2.18. The fourth-order valence-electron chi connectivity index (χ4n) is 2.15. The molecule has 3 rings (SSSR count). The standard InChI is InChI=1S/C16H13N5/c1-21(11-13-4-2-3-12(9-13)10-17)15-6-5-14-16(20-15)19-8-7-18-14/h2-9H,11H2,1H3. The molecular formula is C16H13N5. The van der Waals surface area contributed by atoms with Crippen LogP contribution in [-0.4, -0.2) is 22.0 Å². The average molecular weight is 275 g/mol. The molecule has 0 radical (unpaired) electrons. The van der Waals surface area contributed by atoms with Crippen LogP contribution in [0, 0.1) is 11.3 Å². The smallest absolute Gasteiger partial charge is 0.180 e. The van der Waals surface area contributed by atoms with Crippen LogP contribution in [0.25, 0.3) is 11.2 Å². The molecular weight excluding hydrogens is 262 g/mol. The minimum absolute atomic E-state index is 0.632. The van der Waals surface area contributed by atoms with Crippen molar-refractivity contribution in [2.75, 3.05) is 11.9 Å². The van der Waals surface area contributed by atoms with Crippen LogP contribution in [0.15, 0.2) is 48.8 Å². The summed E-state index contributed by atoms with van der Waals surface area (Å²) in [5.41, 5.74) is 3.14. The molecule has 1 aromatic carbocycles. The van der Waals surface area contributed by atoms with Crippen LogP contribution >= 0.6 is 0 Å². The molecule has 0 saturated heterocycles. The van der Waals surface area contributed by atoms with Gasteiger partial charge in [0.25, 0.3) is 0 Å². The first-order chi connectivity index (χ1) is 10.3. The second-order valence-corrected chi connectivity index (χ2v) is 4.74.